The molecule has 130 valence electrons. The van der Waals surface area contributed by atoms with Gasteiger partial charge in [-0.25, -0.2) is 4.68 Å². The Labute approximate surface area is 143 Å². The zero-order valence-electron chi connectivity index (χ0n) is 14.7. The highest BCUT2D eigenvalue weighted by atomic mass is 16.3. The third-order valence-electron chi connectivity index (χ3n) is 3.74. The summed E-state index contributed by atoms with van der Waals surface area (Å²) < 4.78 is 1.81. The van der Waals surface area contributed by atoms with Gasteiger partial charge in [0.1, 0.15) is 0 Å². The average Bonchev–Trinajstić information content (AvgIpc) is 3.01. The molecule has 0 bridgehead atoms. The van der Waals surface area contributed by atoms with Crippen molar-refractivity contribution in [2.45, 2.75) is 46.1 Å². The van der Waals surface area contributed by atoms with Crippen molar-refractivity contribution in [3.63, 3.8) is 0 Å². The Bertz CT molecular complexity index is 644. The summed E-state index contributed by atoms with van der Waals surface area (Å²) in [5, 5.41) is 16.7. The standard InChI is InChI=1S/C19H27N3O2/c1-19(2,3)11-16(14-23)21-18(24)10-9-15-12-20-22(13-15)17-7-5-4-6-8-17/h4-8,12-13,16,23H,9-11,14H2,1-3H3,(H,21,24). The van der Waals surface area contributed by atoms with Crippen molar-refractivity contribution >= 4 is 5.91 Å². The van der Waals surface area contributed by atoms with Gasteiger partial charge in [0.2, 0.25) is 5.91 Å². The summed E-state index contributed by atoms with van der Waals surface area (Å²) in [6.07, 6.45) is 5.51. The number of benzene rings is 1. The minimum absolute atomic E-state index is 0.0328. The van der Waals surface area contributed by atoms with E-state index in [4.69, 9.17) is 0 Å². The molecule has 1 amide bonds. The third kappa shape index (κ3) is 5.81. The maximum absolute atomic E-state index is 12.1. The number of hydrogen-bond donors (Lipinski definition) is 2. The number of nitrogens with one attached hydrogen (secondary N) is 1. The average molecular weight is 329 g/mol. The quantitative estimate of drug-likeness (QED) is 0.821. The maximum Gasteiger partial charge on any atom is 0.220 e. The van der Waals surface area contributed by atoms with E-state index in [9.17, 15) is 9.90 Å². The van der Waals surface area contributed by atoms with Crippen LogP contribution in [0.2, 0.25) is 0 Å². The summed E-state index contributed by atoms with van der Waals surface area (Å²) in [5.41, 5.74) is 2.08. The second-order valence-corrected chi connectivity index (χ2v) is 7.34. The number of rotatable bonds is 7. The number of aliphatic hydroxyl groups is 1. The van der Waals surface area contributed by atoms with Gasteiger partial charge in [0.25, 0.3) is 0 Å². The molecule has 0 fully saturated rings. The van der Waals surface area contributed by atoms with Gasteiger partial charge < -0.3 is 10.4 Å². The molecule has 0 aliphatic heterocycles. The van der Waals surface area contributed by atoms with Gasteiger partial charge in [0.05, 0.1) is 24.5 Å². The van der Waals surface area contributed by atoms with E-state index in [0.29, 0.717) is 12.8 Å². The molecule has 0 aliphatic rings. The van der Waals surface area contributed by atoms with Crippen LogP contribution in [0.5, 0.6) is 0 Å². The fraction of sp³-hybridized carbons (Fsp3) is 0.474. The predicted octanol–water partition coefficient (Wildman–Crippen LogP) is 2.72. The monoisotopic (exact) mass is 329 g/mol. The highest BCUT2D eigenvalue weighted by Crippen LogP contribution is 2.20. The fourth-order valence-electron chi connectivity index (χ4n) is 2.67. The Kier molecular flexibility index (Phi) is 6.15. The summed E-state index contributed by atoms with van der Waals surface area (Å²) in [4.78, 5) is 12.1. The van der Waals surface area contributed by atoms with Crippen LogP contribution in [0, 0.1) is 5.41 Å². The molecular weight excluding hydrogens is 302 g/mol. The van der Waals surface area contributed by atoms with Crippen LogP contribution in [-0.4, -0.2) is 33.4 Å². The number of aromatic nitrogens is 2. The van der Waals surface area contributed by atoms with Crippen LogP contribution in [0.3, 0.4) is 0 Å². The predicted molar refractivity (Wildman–Crippen MR) is 95.0 cm³/mol. The maximum atomic E-state index is 12.1. The molecule has 2 aromatic rings. The largest absolute Gasteiger partial charge is 0.394 e. The molecule has 0 radical (unpaired) electrons. The number of para-hydroxylation sites is 1. The van der Waals surface area contributed by atoms with E-state index in [2.05, 4.69) is 31.2 Å². The van der Waals surface area contributed by atoms with Gasteiger partial charge >= 0.3 is 0 Å². The summed E-state index contributed by atoms with van der Waals surface area (Å²) in [7, 11) is 0. The molecule has 0 aliphatic carbocycles. The van der Waals surface area contributed by atoms with Crippen LogP contribution in [-0.2, 0) is 11.2 Å². The number of nitrogens with zero attached hydrogens (tertiary/aromatic N) is 2. The number of aliphatic hydroxyl groups excluding tert-OH is 1. The fourth-order valence-corrected chi connectivity index (χ4v) is 2.67. The Balaban J connectivity index is 1.85. The Morgan fingerprint density at radius 1 is 1.29 bits per heavy atom. The highest BCUT2D eigenvalue weighted by molar-refractivity contribution is 5.76. The van der Waals surface area contributed by atoms with Crippen LogP contribution < -0.4 is 5.32 Å². The normalized spacial score (nSPS) is 12.8. The Morgan fingerprint density at radius 3 is 2.62 bits per heavy atom. The molecule has 5 nitrogen and oxygen atoms in total. The summed E-state index contributed by atoms with van der Waals surface area (Å²) >= 11 is 0. The van der Waals surface area contributed by atoms with Crippen LogP contribution in [0.15, 0.2) is 42.7 Å². The number of aryl methyl sites for hydroxylation is 1. The van der Waals surface area contributed by atoms with Crippen molar-refractivity contribution < 1.29 is 9.90 Å². The van der Waals surface area contributed by atoms with Crippen LogP contribution in [0.4, 0.5) is 0 Å². The molecule has 1 aromatic heterocycles. The molecule has 1 heterocycles. The molecule has 0 saturated heterocycles. The lowest BCUT2D eigenvalue weighted by molar-refractivity contribution is -0.122. The van der Waals surface area contributed by atoms with Gasteiger partial charge in [-0.1, -0.05) is 39.0 Å². The van der Waals surface area contributed by atoms with Crippen molar-refractivity contribution in [1.82, 2.24) is 15.1 Å². The molecule has 0 spiro atoms. The lowest BCUT2D eigenvalue weighted by Gasteiger charge is -2.25. The second-order valence-electron chi connectivity index (χ2n) is 7.34. The van der Waals surface area contributed by atoms with Crippen molar-refractivity contribution in [3.05, 3.63) is 48.3 Å². The first-order valence-corrected chi connectivity index (χ1v) is 8.36. The molecule has 24 heavy (non-hydrogen) atoms. The molecule has 0 saturated carbocycles. The van der Waals surface area contributed by atoms with Crippen LogP contribution in [0.1, 0.15) is 39.2 Å². The smallest absolute Gasteiger partial charge is 0.220 e. The molecule has 2 N–H and O–H groups in total. The van der Waals surface area contributed by atoms with E-state index in [1.165, 1.54) is 0 Å². The Hall–Kier alpha value is -2.14. The summed E-state index contributed by atoms with van der Waals surface area (Å²) in [5.74, 6) is -0.0363. The number of hydrogen-bond acceptors (Lipinski definition) is 3. The zero-order valence-corrected chi connectivity index (χ0v) is 14.7. The lowest BCUT2D eigenvalue weighted by Crippen LogP contribution is -2.40. The lowest BCUT2D eigenvalue weighted by atomic mass is 9.88. The number of carbonyl (C=O) groups is 1. The van der Waals surface area contributed by atoms with Gasteiger partial charge in [0, 0.05) is 12.6 Å². The molecule has 1 aromatic carbocycles. The van der Waals surface area contributed by atoms with E-state index in [0.717, 1.165) is 17.7 Å². The Morgan fingerprint density at radius 2 is 2.00 bits per heavy atom. The van der Waals surface area contributed by atoms with E-state index >= 15 is 0 Å². The first-order valence-electron chi connectivity index (χ1n) is 8.36. The zero-order chi connectivity index (χ0) is 17.6. The topological polar surface area (TPSA) is 67.2 Å². The molecule has 2 rings (SSSR count). The minimum Gasteiger partial charge on any atom is -0.394 e. The molecule has 1 atom stereocenters. The van der Waals surface area contributed by atoms with E-state index in [-0.39, 0.29) is 24.0 Å². The van der Waals surface area contributed by atoms with Crippen LogP contribution >= 0.6 is 0 Å². The number of carbonyl (C=O) groups excluding carboxylic acids is 1. The van der Waals surface area contributed by atoms with Crippen molar-refractivity contribution in [3.8, 4) is 5.69 Å². The van der Waals surface area contributed by atoms with Crippen molar-refractivity contribution in [1.29, 1.82) is 0 Å². The van der Waals surface area contributed by atoms with E-state index < -0.39 is 0 Å². The number of amides is 1. The molecule has 5 heteroatoms. The summed E-state index contributed by atoms with van der Waals surface area (Å²) in [6, 6.07) is 9.68. The van der Waals surface area contributed by atoms with E-state index in [1.807, 2.05) is 41.2 Å². The third-order valence-corrected chi connectivity index (χ3v) is 3.74. The van der Waals surface area contributed by atoms with Gasteiger partial charge in [-0.15, -0.1) is 0 Å². The minimum atomic E-state index is -0.190. The van der Waals surface area contributed by atoms with Gasteiger partial charge in [-0.3, -0.25) is 4.79 Å². The van der Waals surface area contributed by atoms with Crippen LogP contribution in [0.25, 0.3) is 5.69 Å². The van der Waals surface area contributed by atoms with Gasteiger partial charge in [-0.05, 0) is 36.0 Å². The van der Waals surface area contributed by atoms with Gasteiger partial charge in [-0.2, -0.15) is 5.10 Å². The first kappa shape index (κ1) is 18.2. The summed E-state index contributed by atoms with van der Waals surface area (Å²) in [6.45, 7) is 6.26. The molecule has 1 unspecified atom stereocenters. The highest BCUT2D eigenvalue weighted by Gasteiger charge is 2.19. The van der Waals surface area contributed by atoms with Gasteiger partial charge in [0.15, 0.2) is 0 Å². The molecular formula is C19H27N3O2. The van der Waals surface area contributed by atoms with Crippen molar-refractivity contribution in [2.75, 3.05) is 6.61 Å². The van der Waals surface area contributed by atoms with E-state index in [1.54, 1.807) is 6.20 Å². The van der Waals surface area contributed by atoms with Crippen molar-refractivity contribution in [2.24, 2.45) is 5.41 Å². The SMILES string of the molecule is CC(C)(C)CC(CO)NC(=O)CCc1cnn(-c2ccccc2)c1. The second kappa shape index (κ2) is 8.11. The first-order chi connectivity index (χ1) is 11.4.